The van der Waals surface area contributed by atoms with E-state index < -0.39 is 11.9 Å². The van der Waals surface area contributed by atoms with Gasteiger partial charge in [-0.15, -0.1) is 0 Å². The summed E-state index contributed by atoms with van der Waals surface area (Å²) in [5, 5.41) is 9.53. The molecule has 9 nitrogen and oxygen atoms in total. The predicted molar refractivity (Wildman–Crippen MR) is 144 cm³/mol. The Kier molecular flexibility index (Phi) is 8.12. The number of aliphatic imine (C=N–C) groups is 1. The average molecular weight is 533 g/mol. The lowest BCUT2D eigenvalue weighted by Crippen LogP contribution is -2.23. The number of carbonyl (C=O) groups is 3. The maximum absolute atomic E-state index is 12.8. The number of carboxylic acid groups (broad SMARTS) is 1. The summed E-state index contributed by atoms with van der Waals surface area (Å²) in [5.41, 5.74) is 2.78. The van der Waals surface area contributed by atoms with Gasteiger partial charge in [0.25, 0.3) is 5.91 Å². The lowest BCUT2D eigenvalue weighted by molar-refractivity contribution is -0.121. The minimum atomic E-state index is -0.985. The third-order valence-electron chi connectivity index (χ3n) is 5.60. The molecule has 0 bridgehead atoms. The van der Waals surface area contributed by atoms with Crippen LogP contribution < -0.4 is 9.47 Å². The van der Waals surface area contributed by atoms with Crippen molar-refractivity contribution in [3.63, 3.8) is 0 Å². The summed E-state index contributed by atoms with van der Waals surface area (Å²) in [4.78, 5) is 42.0. The number of benzene rings is 3. The Bertz CT molecular complexity index is 1430. The van der Waals surface area contributed by atoms with Gasteiger partial charge >= 0.3 is 11.9 Å². The van der Waals surface area contributed by atoms with E-state index in [1.54, 1.807) is 61.7 Å². The second-order valence-electron chi connectivity index (χ2n) is 8.11. The molecule has 0 radical (unpaired) electrons. The van der Waals surface area contributed by atoms with Crippen molar-refractivity contribution in [2.24, 2.45) is 4.99 Å². The lowest BCUT2D eigenvalue weighted by Gasteiger charge is -2.12. The van der Waals surface area contributed by atoms with E-state index in [4.69, 9.17) is 19.3 Å². The second kappa shape index (κ2) is 11.7. The van der Waals surface area contributed by atoms with Crippen LogP contribution in [0.25, 0.3) is 6.08 Å². The Hall–Kier alpha value is -4.57. The number of rotatable bonds is 8. The zero-order valence-electron chi connectivity index (χ0n) is 20.8. The molecule has 1 N–H and O–H groups in total. The van der Waals surface area contributed by atoms with Crippen LogP contribution in [-0.2, 0) is 16.1 Å². The van der Waals surface area contributed by atoms with Gasteiger partial charge in [-0.1, -0.05) is 18.2 Å². The molecule has 4 rings (SSSR count). The first-order valence-corrected chi connectivity index (χ1v) is 12.2. The van der Waals surface area contributed by atoms with E-state index in [2.05, 4.69) is 4.99 Å². The molecule has 0 aromatic heterocycles. The van der Waals surface area contributed by atoms with Crippen LogP contribution in [0.1, 0.15) is 31.8 Å². The van der Waals surface area contributed by atoms with E-state index >= 15 is 0 Å². The van der Waals surface area contributed by atoms with Gasteiger partial charge in [0.15, 0.2) is 16.7 Å². The number of esters is 1. The zero-order chi connectivity index (χ0) is 27.2. The number of methoxy groups -OCH3 is 2. The monoisotopic (exact) mass is 532 g/mol. The Morgan fingerprint density at radius 2 is 1.66 bits per heavy atom. The number of nitrogens with zero attached hydrogens (tertiary/aromatic N) is 2. The topological polar surface area (TPSA) is 115 Å². The smallest absolute Gasteiger partial charge is 0.337 e. The highest BCUT2D eigenvalue weighted by Gasteiger charge is 2.30. The minimum absolute atomic E-state index is 0.191. The van der Waals surface area contributed by atoms with Crippen molar-refractivity contribution in [2.75, 3.05) is 21.3 Å². The fourth-order valence-corrected chi connectivity index (χ4v) is 4.49. The maximum atomic E-state index is 12.8. The Morgan fingerprint density at radius 3 is 2.29 bits per heavy atom. The maximum Gasteiger partial charge on any atom is 0.337 e. The van der Waals surface area contributed by atoms with Gasteiger partial charge in [-0.25, -0.2) is 14.6 Å². The van der Waals surface area contributed by atoms with E-state index in [1.807, 2.05) is 6.07 Å². The summed E-state index contributed by atoms with van der Waals surface area (Å²) in [6.45, 7) is 0.232. The van der Waals surface area contributed by atoms with Gasteiger partial charge < -0.3 is 19.3 Å². The van der Waals surface area contributed by atoms with Crippen LogP contribution in [0.3, 0.4) is 0 Å². The summed E-state index contributed by atoms with van der Waals surface area (Å²) >= 11 is 1.24. The molecule has 10 heteroatoms. The molecular weight excluding hydrogens is 508 g/mol. The number of hydrogen-bond acceptors (Lipinski definition) is 8. The van der Waals surface area contributed by atoms with Crippen LogP contribution in [0.15, 0.2) is 76.6 Å². The summed E-state index contributed by atoms with van der Waals surface area (Å²) < 4.78 is 16.1. The van der Waals surface area contributed by atoms with E-state index in [-0.39, 0.29) is 18.1 Å². The first kappa shape index (κ1) is 26.5. The molecule has 0 spiro atoms. The van der Waals surface area contributed by atoms with Gasteiger partial charge in [0.05, 0.1) is 35.9 Å². The molecule has 0 aliphatic carbocycles. The first-order valence-electron chi connectivity index (χ1n) is 11.4. The Labute approximate surface area is 223 Å². The summed E-state index contributed by atoms with van der Waals surface area (Å²) in [5.74, 6) is -0.606. The van der Waals surface area contributed by atoms with Crippen molar-refractivity contribution < 1.29 is 33.7 Å². The van der Waals surface area contributed by atoms with E-state index in [9.17, 15) is 14.4 Å². The van der Waals surface area contributed by atoms with Crippen molar-refractivity contribution in [3.8, 4) is 11.5 Å². The summed E-state index contributed by atoms with van der Waals surface area (Å²) in [7, 11) is 4.50. The number of carboxylic acids is 1. The number of amidine groups is 1. The van der Waals surface area contributed by atoms with Crippen LogP contribution in [0.2, 0.25) is 0 Å². The Balaban J connectivity index is 1.48. The summed E-state index contributed by atoms with van der Waals surface area (Å²) in [6, 6.07) is 18.4. The second-order valence-corrected chi connectivity index (χ2v) is 9.12. The molecule has 3 aromatic rings. The number of likely N-dealkylation sites (N-methyl/N-ethyl adjacent to an activating group) is 1. The van der Waals surface area contributed by atoms with Crippen LogP contribution >= 0.6 is 11.8 Å². The SMILES string of the molecule is COC(=O)c1ccc(N=C2SC(=Cc3ccc(OCc4ccc(C(=O)O)cc4)c(OC)c3)C(=O)N2C)cc1. The van der Waals surface area contributed by atoms with Gasteiger partial charge in [-0.05, 0) is 77.5 Å². The van der Waals surface area contributed by atoms with Crippen LogP contribution in [0.5, 0.6) is 11.5 Å². The van der Waals surface area contributed by atoms with Gasteiger partial charge in [-0.2, -0.15) is 0 Å². The van der Waals surface area contributed by atoms with Crippen molar-refractivity contribution in [1.29, 1.82) is 0 Å². The molecule has 1 amide bonds. The molecule has 0 saturated carbocycles. The average Bonchev–Trinajstić information content (AvgIpc) is 3.19. The number of ether oxygens (including phenoxy) is 3. The van der Waals surface area contributed by atoms with Gasteiger partial charge in [-0.3, -0.25) is 9.69 Å². The molecular formula is C28H24N2O7S. The van der Waals surface area contributed by atoms with E-state index in [0.29, 0.717) is 32.8 Å². The lowest BCUT2D eigenvalue weighted by atomic mass is 10.1. The van der Waals surface area contributed by atoms with E-state index in [0.717, 1.165) is 11.1 Å². The Morgan fingerprint density at radius 1 is 0.974 bits per heavy atom. The minimum Gasteiger partial charge on any atom is -0.493 e. The third kappa shape index (κ3) is 6.04. The molecule has 3 aromatic carbocycles. The molecule has 1 saturated heterocycles. The zero-order valence-corrected chi connectivity index (χ0v) is 21.7. The number of thioether (sulfide) groups is 1. The molecule has 194 valence electrons. The van der Waals surface area contributed by atoms with Gasteiger partial charge in [0, 0.05) is 7.05 Å². The normalized spacial score (nSPS) is 15.1. The number of carbonyl (C=O) groups excluding carboxylic acids is 2. The standard InChI is InChI=1S/C28H24N2O7S/c1-30-25(31)24(38-28(30)29-21-11-9-20(10-12-21)27(34)36-3)15-18-6-13-22(23(14-18)35-2)37-16-17-4-7-19(8-5-17)26(32)33/h4-15H,16H2,1-3H3,(H,32,33). The van der Waals surface area contributed by atoms with E-state index in [1.165, 1.54) is 43.0 Å². The highest BCUT2D eigenvalue weighted by molar-refractivity contribution is 8.18. The van der Waals surface area contributed by atoms with Crippen LogP contribution in [0, 0.1) is 0 Å². The molecule has 1 fully saturated rings. The number of hydrogen-bond donors (Lipinski definition) is 1. The number of amides is 1. The fraction of sp³-hybridized carbons (Fsp3) is 0.143. The summed E-state index contributed by atoms with van der Waals surface area (Å²) in [6.07, 6.45) is 1.75. The molecule has 1 aliphatic heterocycles. The molecule has 38 heavy (non-hydrogen) atoms. The van der Waals surface area contributed by atoms with Crippen LogP contribution in [-0.4, -0.2) is 54.3 Å². The van der Waals surface area contributed by atoms with Crippen molar-refractivity contribution in [3.05, 3.63) is 93.9 Å². The largest absolute Gasteiger partial charge is 0.493 e. The third-order valence-corrected chi connectivity index (χ3v) is 6.66. The van der Waals surface area contributed by atoms with Crippen LogP contribution in [0.4, 0.5) is 5.69 Å². The molecule has 0 unspecified atom stereocenters. The quantitative estimate of drug-likeness (QED) is 0.319. The van der Waals surface area contributed by atoms with Crippen molar-refractivity contribution in [1.82, 2.24) is 4.90 Å². The highest BCUT2D eigenvalue weighted by atomic mass is 32.2. The number of aromatic carboxylic acids is 1. The fourth-order valence-electron chi connectivity index (χ4n) is 3.50. The van der Waals surface area contributed by atoms with Crippen molar-refractivity contribution in [2.45, 2.75) is 6.61 Å². The predicted octanol–water partition coefficient (Wildman–Crippen LogP) is 4.99. The van der Waals surface area contributed by atoms with Gasteiger partial charge in [0.2, 0.25) is 0 Å². The molecule has 1 heterocycles. The first-order chi connectivity index (χ1) is 18.3. The van der Waals surface area contributed by atoms with Crippen molar-refractivity contribution >= 4 is 46.5 Å². The molecule has 0 atom stereocenters. The molecule has 1 aliphatic rings. The van der Waals surface area contributed by atoms with Gasteiger partial charge in [0.1, 0.15) is 6.61 Å². The highest BCUT2D eigenvalue weighted by Crippen LogP contribution is 2.35.